The zero-order valence-electron chi connectivity index (χ0n) is 12.6. The molecule has 0 aliphatic heterocycles. The summed E-state index contributed by atoms with van der Waals surface area (Å²) in [4.78, 5) is 12.6. The van der Waals surface area contributed by atoms with Gasteiger partial charge in [0.05, 0.1) is 0 Å². The first-order chi connectivity index (χ1) is 10.0. The highest BCUT2D eigenvalue weighted by Crippen LogP contribution is 2.55. The Bertz CT molecular complexity index is 558. The normalized spacial score (nSPS) is 36.7. The van der Waals surface area contributed by atoms with Gasteiger partial charge in [0.1, 0.15) is 5.75 Å². The summed E-state index contributed by atoms with van der Waals surface area (Å²) in [5.41, 5.74) is 1.42. The van der Waals surface area contributed by atoms with Crippen molar-refractivity contribution in [2.45, 2.75) is 51.0 Å². The summed E-state index contributed by atoms with van der Waals surface area (Å²) in [6.45, 7) is 1.84. The van der Waals surface area contributed by atoms with Crippen LogP contribution in [-0.2, 0) is 0 Å². The van der Waals surface area contributed by atoms with Gasteiger partial charge in [-0.1, -0.05) is 6.07 Å². The molecule has 4 bridgehead atoms. The van der Waals surface area contributed by atoms with E-state index < -0.39 is 0 Å². The summed E-state index contributed by atoms with van der Waals surface area (Å²) in [6.07, 6.45) is 7.59. The summed E-state index contributed by atoms with van der Waals surface area (Å²) < 4.78 is 0. The third-order valence-electron chi connectivity index (χ3n) is 5.89. The largest absolute Gasteiger partial charge is 0.508 e. The minimum atomic E-state index is -0.0211. The predicted octanol–water partition coefficient (Wildman–Crippen LogP) is 3.40. The molecule has 0 unspecified atom stereocenters. The van der Waals surface area contributed by atoms with Crippen molar-refractivity contribution in [2.24, 2.45) is 17.8 Å². The van der Waals surface area contributed by atoms with E-state index in [1.54, 1.807) is 6.07 Å². The smallest absolute Gasteiger partial charge is 0.251 e. The van der Waals surface area contributed by atoms with E-state index in [0.717, 1.165) is 42.6 Å². The highest BCUT2D eigenvalue weighted by atomic mass is 16.3. The number of carbonyl (C=O) groups excluding carboxylic acids is 1. The molecule has 5 rings (SSSR count). The Morgan fingerprint density at radius 3 is 2.24 bits per heavy atom. The van der Waals surface area contributed by atoms with Crippen molar-refractivity contribution >= 4 is 5.91 Å². The summed E-state index contributed by atoms with van der Waals surface area (Å²) >= 11 is 0. The molecule has 1 aromatic carbocycles. The van der Waals surface area contributed by atoms with Gasteiger partial charge < -0.3 is 10.4 Å². The molecule has 0 heterocycles. The van der Waals surface area contributed by atoms with Gasteiger partial charge >= 0.3 is 0 Å². The lowest BCUT2D eigenvalue weighted by atomic mass is 9.53. The van der Waals surface area contributed by atoms with Crippen molar-refractivity contribution in [1.82, 2.24) is 5.32 Å². The molecule has 0 spiro atoms. The minimum Gasteiger partial charge on any atom is -0.508 e. The predicted molar refractivity (Wildman–Crippen MR) is 81.2 cm³/mol. The van der Waals surface area contributed by atoms with Crippen LogP contribution in [0.2, 0.25) is 0 Å². The number of nitrogens with one attached hydrogen (secondary N) is 1. The first kappa shape index (κ1) is 13.2. The van der Waals surface area contributed by atoms with Gasteiger partial charge in [0.2, 0.25) is 0 Å². The van der Waals surface area contributed by atoms with E-state index in [2.05, 4.69) is 5.32 Å². The van der Waals surface area contributed by atoms with E-state index in [0.29, 0.717) is 5.56 Å². The molecule has 112 valence electrons. The van der Waals surface area contributed by atoms with Crippen LogP contribution >= 0.6 is 0 Å². The topological polar surface area (TPSA) is 49.3 Å². The number of aromatic hydroxyl groups is 1. The fourth-order valence-corrected chi connectivity index (χ4v) is 5.33. The number of amides is 1. The van der Waals surface area contributed by atoms with Crippen molar-refractivity contribution in [3.8, 4) is 5.75 Å². The van der Waals surface area contributed by atoms with Crippen LogP contribution < -0.4 is 5.32 Å². The zero-order valence-corrected chi connectivity index (χ0v) is 12.6. The Morgan fingerprint density at radius 2 is 1.71 bits per heavy atom. The van der Waals surface area contributed by atoms with Gasteiger partial charge in [-0.25, -0.2) is 0 Å². The average molecular weight is 285 g/mol. The molecular weight excluding hydrogens is 262 g/mol. The molecule has 21 heavy (non-hydrogen) atoms. The fourth-order valence-electron chi connectivity index (χ4n) is 5.33. The van der Waals surface area contributed by atoms with E-state index >= 15 is 0 Å². The van der Waals surface area contributed by atoms with Crippen molar-refractivity contribution in [3.05, 3.63) is 29.3 Å². The molecule has 0 atom stereocenters. The summed E-state index contributed by atoms with van der Waals surface area (Å²) in [5.74, 6) is 2.65. The number of phenolic OH excluding ortho intramolecular Hbond substituents is 1. The standard InChI is InChI=1S/C18H23NO2/c1-11-2-3-15(7-16(11)20)17(21)19-18-8-12-4-13(9-18)6-14(5-12)10-18/h2-3,7,12-14,20H,4-6,8-10H2,1H3,(H,19,21). The number of carbonyl (C=O) groups is 1. The maximum Gasteiger partial charge on any atom is 0.251 e. The molecule has 2 N–H and O–H groups in total. The second-order valence-corrected chi connectivity index (χ2v) is 7.65. The molecule has 3 nitrogen and oxygen atoms in total. The van der Waals surface area contributed by atoms with E-state index in [-0.39, 0.29) is 17.2 Å². The Kier molecular flexibility index (Phi) is 2.82. The molecule has 4 aliphatic carbocycles. The van der Waals surface area contributed by atoms with Crippen LogP contribution in [0.1, 0.15) is 54.4 Å². The number of rotatable bonds is 2. The van der Waals surface area contributed by atoms with Gasteiger partial charge in [0.25, 0.3) is 5.91 Å². The second kappa shape index (κ2) is 4.49. The van der Waals surface area contributed by atoms with E-state index in [1.165, 1.54) is 19.3 Å². The Labute approximate surface area is 125 Å². The van der Waals surface area contributed by atoms with Gasteiger partial charge in [0.15, 0.2) is 0 Å². The van der Waals surface area contributed by atoms with Crippen LogP contribution in [0.3, 0.4) is 0 Å². The number of hydrogen-bond acceptors (Lipinski definition) is 2. The Balaban J connectivity index is 1.55. The minimum absolute atomic E-state index is 0.0211. The lowest BCUT2D eigenvalue weighted by Crippen LogP contribution is -2.59. The first-order valence-corrected chi connectivity index (χ1v) is 8.15. The van der Waals surface area contributed by atoms with Crippen LogP contribution in [0.25, 0.3) is 0 Å². The summed E-state index contributed by atoms with van der Waals surface area (Å²) in [7, 11) is 0. The van der Waals surface area contributed by atoms with Gasteiger partial charge in [-0.15, -0.1) is 0 Å². The Hall–Kier alpha value is -1.51. The maximum atomic E-state index is 12.6. The van der Waals surface area contributed by atoms with Crippen LogP contribution in [0.15, 0.2) is 18.2 Å². The number of phenols is 1. The van der Waals surface area contributed by atoms with Gasteiger partial charge in [-0.05, 0) is 80.9 Å². The monoisotopic (exact) mass is 285 g/mol. The second-order valence-electron chi connectivity index (χ2n) is 7.65. The molecule has 0 saturated heterocycles. The molecule has 4 aliphatic rings. The maximum absolute atomic E-state index is 12.6. The van der Waals surface area contributed by atoms with E-state index in [1.807, 2.05) is 19.1 Å². The van der Waals surface area contributed by atoms with E-state index in [9.17, 15) is 9.90 Å². The number of aryl methyl sites for hydroxylation is 1. The molecular formula is C18H23NO2. The van der Waals surface area contributed by atoms with Crippen LogP contribution in [0.4, 0.5) is 0 Å². The molecule has 4 fully saturated rings. The van der Waals surface area contributed by atoms with Crippen LogP contribution in [0, 0.1) is 24.7 Å². The zero-order chi connectivity index (χ0) is 14.6. The van der Waals surface area contributed by atoms with Gasteiger partial charge in [-0.3, -0.25) is 4.79 Å². The molecule has 0 radical (unpaired) electrons. The molecule has 4 saturated carbocycles. The quantitative estimate of drug-likeness (QED) is 0.875. The van der Waals surface area contributed by atoms with Crippen molar-refractivity contribution in [1.29, 1.82) is 0 Å². The first-order valence-electron chi connectivity index (χ1n) is 8.15. The van der Waals surface area contributed by atoms with E-state index in [4.69, 9.17) is 0 Å². The number of hydrogen-bond donors (Lipinski definition) is 2. The highest BCUT2D eigenvalue weighted by Gasteiger charge is 2.51. The third kappa shape index (κ3) is 2.23. The molecule has 1 amide bonds. The summed E-state index contributed by atoms with van der Waals surface area (Å²) in [6, 6.07) is 5.21. The van der Waals surface area contributed by atoms with Crippen molar-refractivity contribution < 1.29 is 9.90 Å². The van der Waals surface area contributed by atoms with Crippen molar-refractivity contribution in [3.63, 3.8) is 0 Å². The third-order valence-corrected chi connectivity index (χ3v) is 5.89. The fraction of sp³-hybridized carbons (Fsp3) is 0.611. The van der Waals surface area contributed by atoms with Crippen LogP contribution in [-0.4, -0.2) is 16.6 Å². The number of benzene rings is 1. The lowest BCUT2D eigenvalue weighted by molar-refractivity contribution is -0.0167. The van der Waals surface area contributed by atoms with Gasteiger partial charge in [0, 0.05) is 11.1 Å². The van der Waals surface area contributed by atoms with Crippen molar-refractivity contribution in [2.75, 3.05) is 0 Å². The molecule has 1 aromatic rings. The molecule has 3 heteroatoms. The van der Waals surface area contributed by atoms with Gasteiger partial charge in [-0.2, -0.15) is 0 Å². The lowest BCUT2D eigenvalue weighted by Gasteiger charge is -2.56. The average Bonchev–Trinajstić information content (AvgIpc) is 2.39. The SMILES string of the molecule is Cc1ccc(C(=O)NC23CC4CC(CC(C4)C2)C3)cc1O. The summed E-state index contributed by atoms with van der Waals surface area (Å²) in [5, 5.41) is 13.1. The Morgan fingerprint density at radius 1 is 1.14 bits per heavy atom. The molecule has 0 aromatic heterocycles. The van der Waals surface area contributed by atoms with Crippen LogP contribution in [0.5, 0.6) is 5.75 Å². The highest BCUT2D eigenvalue weighted by molar-refractivity contribution is 5.95.